The van der Waals surface area contributed by atoms with Gasteiger partial charge in [-0.15, -0.1) is 0 Å². The first-order chi connectivity index (χ1) is 9.77. The van der Waals surface area contributed by atoms with Crippen molar-refractivity contribution in [3.8, 4) is 0 Å². The summed E-state index contributed by atoms with van der Waals surface area (Å²) in [6.07, 6.45) is 7.13. The van der Waals surface area contributed by atoms with E-state index >= 15 is 0 Å². The van der Waals surface area contributed by atoms with E-state index in [0.717, 1.165) is 11.4 Å². The molecule has 5 nitrogen and oxygen atoms in total. The van der Waals surface area contributed by atoms with Crippen LogP contribution in [0.2, 0.25) is 0 Å². The molecule has 0 amide bonds. The first kappa shape index (κ1) is 15.2. The number of nitrogens with zero attached hydrogens (tertiary/aromatic N) is 2. The number of H-pyrrole nitrogens is 1. The Morgan fingerprint density at radius 3 is 2.48 bits per heavy atom. The van der Waals surface area contributed by atoms with Crippen LogP contribution < -0.4 is 10.9 Å². The lowest BCUT2D eigenvalue weighted by molar-refractivity contribution is 0.494. The molecule has 2 N–H and O–H groups in total. The summed E-state index contributed by atoms with van der Waals surface area (Å²) in [7, 11) is 0. The van der Waals surface area contributed by atoms with Gasteiger partial charge in [0.05, 0.1) is 29.5 Å². The minimum atomic E-state index is -0.141. The van der Waals surface area contributed by atoms with Crippen LogP contribution >= 0.6 is 0 Å². The maximum atomic E-state index is 11.9. The summed E-state index contributed by atoms with van der Waals surface area (Å²) in [4.78, 5) is 23.4. The van der Waals surface area contributed by atoms with Crippen LogP contribution in [0.4, 0.5) is 0 Å². The molecule has 0 unspecified atom stereocenters. The third-order valence-corrected chi connectivity index (χ3v) is 3.18. The molecular weight excluding hydrogens is 264 g/mol. The maximum Gasteiger partial charge on any atom is 0.270 e. The number of aliphatic imine (C=N–C) groups is 1. The lowest BCUT2D eigenvalue weighted by atomic mass is 9.92. The van der Waals surface area contributed by atoms with Gasteiger partial charge in [-0.2, -0.15) is 0 Å². The van der Waals surface area contributed by atoms with Gasteiger partial charge in [0.15, 0.2) is 0 Å². The van der Waals surface area contributed by atoms with E-state index in [-0.39, 0.29) is 16.9 Å². The molecule has 1 aromatic rings. The summed E-state index contributed by atoms with van der Waals surface area (Å²) in [5.41, 5.74) is 2.88. The Balaban J connectivity index is 2.20. The third-order valence-electron chi connectivity index (χ3n) is 3.18. The highest BCUT2D eigenvalue weighted by atomic mass is 16.1. The third kappa shape index (κ3) is 3.68. The van der Waals surface area contributed by atoms with Gasteiger partial charge in [-0.05, 0) is 6.08 Å². The smallest absolute Gasteiger partial charge is 0.270 e. The second-order valence-electron chi connectivity index (χ2n) is 6.49. The van der Waals surface area contributed by atoms with E-state index in [0.29, 0.717) is 11.4 Å². The molecule has 0 atom stereocenters. The average Bonchev–Trinajstić information content (AvgIpc) is 2.38. The van der Waals surface area contributed by atoms with E-state index in [1.807, 2.05) is 26.1 Å². The van der Waals surface area contributed by atoms with Gasteiger partial charge in [-0.3, -0.25) is 14.8 Å². The lowest BCUT2D eigenvalue weighted by Gasteiger charge is -2.22. The van der Waals surface area contributed by atoms with E-state index in [9.17, 15) is 4.79 Å². The molecule has 2 heterocycles. The number of allylic oxidation sites excluding steroid dienone is 2. The molecule has 1 aromatic heterocycles. The van der Waals surface area contributed by atoms with Crippen LogP contribution in [-0.2, 0) is 0 Å². The Labute approximate surface area is 124 Å². The SMILES string of the molecule is CC(C)c1ncc(/C=C2\C=NC(C(C)(C)C)=CN2)[nH]c1=O. The second kappa shape index (κ2) is 5.68. The highest BCUT2D eigenvalue weighted by Gasteiger charge is 2.18. The summed E-state index contributed by atoms with van der Waals surface area (Å²) in [6.45, 7) is 10.2. The van der Waals surface area contributed by atoms with Crippen molar-refractivity contribution < 1.29 is 0 Å². The first-order valence-corrected chi connectivity index (χ1v) is 7.09. The van der Waals surface area contributed by atoms with E-state index in [4.69, 9.17) is 0 Å². The van der Waals surface area contributed by atoms with Gasteiger partial charge in [0.2, 0.25) is 0 Å². The van der Waals surface area contributed by atoms with Gasteiger partial charge in [0, 0.05) is 17.5 Å². The Kier molecular flexibility index (Phi) is 4.11. The number of aromatic amines is 1. The van der Waals surface area contributed by atoms with Crippen molar-refractivity contribution >= 4 is 12.3 Å². The van der Waals surface area contributed by atoms with Crippen molar-refractivity contribution in [1.82, 2.24) is 15.3 Å². The molecular formula is C16H22N4O. The average molecular weight is 286 g/mol. The summed E-state index contributed by atoms with van der Waals surface area (Å²) in [6, 6.07) is 0. The van der Waals surface area contributed by atoms with E-state index in [1.165, 1.54) is 0 Å². The molecule has 1 aliphatic rings. The number of aromatic nitrogens is 2. The van der Waals surface area contributed by atoms with E-state index < -0.39 is 0 Å². The lowest BCUT2D eigenvalue weighted by Crippen LogP contribution is -2.19. The van der Waals surface area contributed by atoms with Crippen LogP contribution in [0.5, 0.6) is 0 Å². The van der Waals surface area contributed by atoms with Crippen molar-refractivity contribution in [2.75, 3.05) is 0 Å². The summed E-state index contributed by atoms with van der Waals surface area (Å²) in [5.74, 6) is 0.113. The van der Waals surface area contributed by atoms with E-state index in [2.05, 4.69) is 41.0 Å². The standard InChI is InChI=1S/C16H22N4O/c1-10(2)14-15(21)20-12(8-19-14)6-11-7-18-13(9-17-11)16(3,4)5/h6-10,17H,1-5H3,(H,20,21)/b11-6+. The quantitative estimate of drug-likeness (QED) is 0.878. The first-order valence-electron chi connectivity index (χ1n) is 7.09. The van der Waals surface area contributed by atoms with E-state index in [1.54, 1.807) is 12.4 Å². The predicted molar refractivity (Wildman–Crippen MR) is 86.1 cm³/mol. The molecule has 0 aliphatic carbocycles. The molecule has 0 saturated heterocycles. The zero-order valence-corrected chi connectivity index (χ0v) is 13.2. The minimum absolute atomic E-state index is 0.00378. The van der Waals surface area contributed by atoms with Crippen molar-refractivity contribution in [2.24, 2.45) is 10.4 Å². The number of hydrogen-bond donors (Lipinski definition) is 2. The molecule has 5 heteroatoms. The van der Waals surface area contributed by atoms with Crippen LogP contribution in [0.15, 0.2) is 33.6 Å². The van der Waals surface area contributed by atoms with Crippen LogP contribution in [0.1, 0.15) is 51.9 Å². The normalized spacial score (nSPS) is 17.0. The monoisotopic (exact) mass is 286 g/mol. The van der Waals surface area contributed by atoms with Gasteiger partial charge in [-0.25, -0.2) is 0 Å². The zero-order valence-electron chi connectivity index (χ0n) is 13.2. The Bertz CT molecular complexity index is 672. The van der Waals surface area contributed by atoms with Gasteiger partial charge in [-0.1, -0.05) is 34.6 Å². The largest absolute Gasteiger partial charge is 0.359 e. The van der Waals surface area contributed by atoms with Gasteiger partial charge in [0.25, 0.3) is 5.56 Å². The molecule has 0 aromatic carbocycles. The summed E-state index contributed by atoms with van der Waals surface area (Å²) in [5, 5.41) is 3.18. The fourth-order valence-corrected chi connectivity index (χ4v) is 1.93. The summed E-state index contributed by atoms with van der Waals surface area (Å²) < 4.78 is 0. The predicted octanol–water partition coefficient (Wildman–Crippen LogP) is 2.80. The van der Waals surface area contributed by atoms with Gasteiger partial charge < -0.3 is 10.3 Å². The molecule has 1 aliphatic heterocycles. The molecule has 21 heavy (non-hydrogen) atoms. The molecule has 0 fully saturated rings. The molecule has 2 rings (SSSR count). The maximum absolute atomic E-state index is 11.9. The second-order valence-corrected chi connectivity index (χ2v) is 6.49. The van der Waals surface area contributed by atoms with Gasteiger partial charge in [0.1, 0.15) is 5.69 Å². The highest BCUT2D eigenvalue weighted by Crippen LogP contribution is 2.26. The van der Waals surface area contributed by atoms with Crippen molar-refractivity contribution in [3.05, 3.63) is 45.5 Å². The van der Waals surface area contributed by atoms with Crippen LogP contribution in [-0.4, -0.2) is 16.2 Å². The topological polar surface area (TPSA) is 70.1 Å². The Morgan fingerprint density at radius 1 is 1.29 bits per heavy atom. The highest BCUT2D eigenvalue weighted by molar-refractivity contribution is 5.86. The molecule has 0 radical (unpaired) electrons. The Hall–Kier alpha value is -2.17. The van der Waals surface area contributed by atoms with Crippen molar-refractivity contribution in [2.45, 2.75) is 40.5 Å². The van der Waals surface area contributed by atoms with Crippen molar-refractivity contribution in [1.29, 1.82) is 0 Å². The Morgan fingerprint density at radius 2 is 2.00 bits per heavy atom. The molecule has 0 saturated carbocycles. The van der Waals surface area contributed by atoms with Crippen molar-refractivity contribution in [3.63, 3.8) is 0 Å². The van der Waals surface area contributed by atoms with Crippen LogP contribution in [0.3, 0.4) is 0 Å². The number of nitrogens with one attached hydrogen (secondary N) is 2. The fraction of sp³-hybridized carbons (Fsp3) is 0.438. The fourth-order valence-electron chi connectivity index (χ4n) is 1.93. The molecule has 112 valence electrons. The summed E-state index contributed by atoms with van der Waals surface area (Å²) >= 11 is 0. The molecule has 0 spiro atoms. The zero-order chi connectivity index (χ0) is 15.6. The van der Waals surface area contributed by atoms with Crippen LogP contribution in [0.25, 0.3) is 6.08 Å². The van der Waals surface area contributed by atoms with Crippen LogP contribution in [0, 0.1) is 5.41 Å². The van der Waals surface area contributed by atoms with Gasteiger partial charge >= 0.3 is 0 Å². The number of rotatable bonds is 2. The molecule has 0 bridgehead atoms. The number of hydrogen-bond acceptors (Lipinski definition) is 4. The minimum Gasteiger partial charge on any atom is -0.359 e.